The number of nitrogens with one attached hydrogen (secondary N) is 1. The first-order valence-corrected chi connectivity index (χ1v) is 8.72. The number of carbonyl (C=O) groups excluding carboxylic acids is 1. The summed E-state index contributed by atoms with van der Waals surface area (Å²) in [7, 11) is 1.65. The summed E-state index contributed by atoms with van der Waals surface area (Å²) < 4.78 is 8.13. The van der Waals surface area contributed by atoms with Crippen molar-refractivity contribution >= 4 is 40.2 Å². The molecule has 0 unspecified atom stereocenters. The summed E-state index contributed by atoms with van der Waals surface area (Å²) in [5, 5.41) is 15.7. The predicted molar refractivity (Wildman–Crippen MR) is 96.3 cm³/mol. The van der Waals surface area contributed by atoms with E-state index in [0.717, 1.165) is 0 Å². The van der Waals surface area contributed by atoms with Gasteiger partial charge >= 0.3 is 0 Å². The van der Waals surface area contributed by atoms with Gasteiger partial charge in [-0.15, -0.1) is 10.2 Å². The van der Waals surface area contributed by atoms with Crippen molar-refractivity contribution in [2.45, 2.75) is 12.1 Å². The molecule has 1 N–H and O–H groups in total. The van der Waals surface area contributed by atoms with Crippen LogP contribution in [-0.2, 0) is 11.8 Å². The molecule has 3 heterocycles. The van der Waals surface area contributed by atoms with Crippen LogP contribution < -0.4 is 10.9 Å². The molecule has 132 valence electrons. The van der Waals surface area contributed by atoms with Crippen molar-refractivity contribution in [1.29, 1.82) is 0 Å². The molecule has 26 heavy (non-hydrogen) atoms. The molecule has 0 atom stereocenters. The summed E-state index contributed by atoms with van der Waals surface area (Å²) in [5.74, 6) is 1.28. The Balaban J connectivity index is 1.65. The summed E-state index contributed by atoms with van der Waals surface area (Å²) in [6, 6.07) is 8.87. The third kappa shape index (κ3) is 2.73. The van der Waals surface area contributed by atoms with Crippen LogP contribution in [-0.4, -0.2) is 36.0 Å². The first kappa shape index (κ1) is 16.3. The average Bonchev–Trinajstić information content (AvgIpc) is 3.24. The molecule has 1 aromatic carbocycles. The minimum absolute atomic E-state index is 0.115. The van der Waals surface area contributed by atoms with Gasteiger partial charge in [0.25, 0.3) is 5.56 Å². The van der Waals surface area contributed by atoms with Crippen LogP contribution in [0.1, 0.15) is 5.76 Å². The number of hydrogen-bond acceptors (Lipinski definition) is 7. The first-order valence-electron chi connectivity index (χ1n) is 7.73. The number of aryl methyl sites for hydroxylation is 2. The number of fused-ring (bicyclic) bond motifs is 3. The largest absolute Gasteiger partial charge is 0.360 e. The van der Waals surface area contributed by atoms with Crippen molar-refractivity contribution in [2.24, 2.45) is 7.05 Å². The molecule has 4 rings (SSSR count). The highest BCUT2D eigenvalue weighted by atomic mass is 32.2. The Bertz CT molecular complexity index is 1190. The zero-order valence-electron chi connectivity index (χ0n) is 14.0. The van der Waals surface area contributed by atoms with Gasteiger partial charge in [0, 0.05) is 13.1 Å². The number of benzene rings is 1. The van der Waals surface area contributed by atoms with Gasteiger partial charge in [-0.1, -0.05) is 29.1 Å². The van der Waals surface area contributed by atoms with Gasteiger partial charge in [0.15, 0.2) is 11.0 Å². The maximum Gasteiger partial charge on any atom is 0.262 e. The lowest BCUT2D eigenvalue weighted by Crippen LogP contribution is -2.20. The van der Waals surface area contributed by atoms with Gasteiger partial charge in [0.1, 0.15) is 5.76 Å². The molecule has 3 aromatic heterocycles. The van der Waals surface area contributed by atoms with Crippen LogP contribution in [0.2, 0.25) is 0 Å². The van der Waals surface area contributed by atoms with E-state index in [-0.39, 0.29) is 17.2 Å². The summed E-state index contributed by atoms with van der Waals surface area (Å²) in [6.45, 7) is 1.75. The van der Waals surface area contributed by atoms with Gasteiger partial charge in [0.2, 0.25) is 11.7 Å². The van der Waals surface area contributed by atoms with Gasteiger partial charge in [-0.2, -0.15) is 0 Å². The molecule has 0 fully saturated rings. The number of aromatic nitrogens is 5. The minimum Gasteiger partial charge on any atom is -0.360 e. The Kier molecular flexibility index (Phi) is 3.96. The molecule has 0 spiro atoms. The van der Waals surface area contributed by atoms with Crippen LogP contribution in [0.3, 0.4) is 0 Å². The quantitative estimate of drug-likeness (QED) is 0.544. The van der Waals surface area contributed by atoms with Gasteiger partial charge in [-0.25, -0.2) is 0 Å². The lowest BCUT2D eigenvalue weighted by atomic mass is 10.2. The molecule has 10 heteroatoms. The second-order valence-electron chi connectivity index (χ2n) is 5.66. The summed E-state index contributed by atoms with van der Waals surface area (Å²) in [6.07, 6.45) is 0. The predicted octanol–water partition coefficient (Wildman–Crippen LogP) is 1.61. The molecule has 0 aliphatic carbocycles. The van der Waals surface area contributed by atoms with Crippen molar-refractivity contribution in [1.82, 2.24) is 24.3 Å². The van der Waals surface area contributed by atoms with E-state index >= 15 is 0 Å². The second-order valence-corrected chi connectivity index (χ2v) is 6.60. The lowest BCUT2D eigenvalue weighted by Gasteiger charge is -2.07. The highest BCUT2D eigenvalue weighted by molar-refractivity contribution is 7.99. The average molecular weight is 370 g/mol. The van der Waals surface area contributed by atoms with E-state index in [1.165, 1.54) is 16.3 Å². The molecule has 1 amide bonds. The smallest absolute Gasteiger partial charge is 0.262 e. The minimum atomic E-state index is -0.242. The van der Waals surface area contributed by atoms with E-state index in [2.05, 4.69) is 20.7 Å². The number of para-hydroxylation sites is 1. The third-order valence-corrected chi connectivity index (χ3v) is 4.75. The normalized spacial score (nSPS) is 11.3. The van der Waals surface area contributed by atoms with Crippen molar-refractivity contribution in [3.8, 4) is 0 Å². The molecule has 0 aliphatic rings. The molecule has 0 saturated heterocycles. The molecule has 9 nitrogen and oxygen atoms in total. The van der Waals surface area contributed by atoms with Gasteiger partial charge in [-0.05, 0) is 19.1 Å². The Morgan fingerprint density at radius 2 is 2.12 bits per heavy atom. The van der Waals surface area contributed by atoms with Crippen LogP contribution in [0.4, 0.5) is 5.82 Å². The topological polar surface area (TPSA) is 107 Å². The van der Waals surface area contributed by atoms with Crippen molar-refractivity contribution in [3.63, 3.8) is 0 Å². The summed E-state index contributed by atoms with van der Waals surface area (Å²) in [5.41, 5.74) is 0.557. The molecular weight excluding hydrogens is 356 g/mol. The maximum atomic E-state index is 12.4. The maximum absolute atomic E-state index is 12.4. The fraction of sp³-hybridized carbons (Fsp3) is 0.188. The molecule has 0 saturated carbocycles. The number of carbonyl (C=O) groups is 1. The van der Waals surface area contributed by atoms with Crippen molar-refractivity contribution < 1.29 is 9.32 Å². The Morgan fingerprint density at radius 3 is 2.88 bits per heavy atom. The third-order valence-electron chi connectivity index (χ3n) is 3.82. The van der Waals surface area contributed by atoms with Crippen LogP contribution in [0, 0.1) is 6.92 Å². The van der Waals surface area contributed by atoms with Crippen LogP contribution >= 0.6 is 11.8 Å². The highest BCUT2D eigenvalue weighted by Gasteiger charge is 2.16. The van der Waals surface area contributed by atoms with Gasteiger partial charge in [-0.3, -0.25) is 18.6 Å². The Hall–Kier alpha value is -3.14. The van der Waals surface area contributed by atoms with E-state index in [4.69, 9.17) is 4.52 Å². The van der Waals surface area contributed by atoms with Gasteiger partial charge < -0.3 is 9.84 Å². The number of thioether (sulfide) groups is 1. The second kappa shape index (κ2) is 6.30. The summed E-state index contributed by atoms with van der Waals surface area (Å²) in [4.78, 5) is 24.5. The van der Waals surface area contributed by atoms with E-state index < -0.39 is 0 Å². The monoisotopic (exact) mass is 370 g/mol. The van der Waals surface area contributed by atoms with Crippen molar-refractivity contribution in [3.05, 3.63) is 46.4 Å². The number of rotatable bonds is 4. The van der Waals surface area contributed by atoms with Crippen LogP contribution in [0.5, 0.6) is 0 Å². The van der Waals surface area contributed by atoms with E-state index in [0.29, 0.717) is 33.4 Å². The van der Waals surface area contributed by atoms with E-state index in [1.54, 1.807) is 36.6 Å². The molecule has 0 bridgehead atoms. The lowest BCUT2D eigenvalue weighted by molar-refractivity contribution is -0.113. The number of anilines is 1. The molecule has 4 aromatic rings. The zero-order chi connectivity index (χ0) is 18.3. The standard InChI is InChI=1S/C16H14N6O3S/c1-9-7-12(20-25-9)17-13(23)8-26-16-19-18-15-21(2)14(24)10-5-3-4-6-11(10)22(15)16/h3-7H,8H2,1-2H3,(H,17,20,23). The molecular formula is C16H14N6O3S. The molecule has 0 radical (unpaired) electrons. The zero-order valence-corrected chi connectivity index (χ0v) is 14.8. The Morgan fingerprint density at radius 1 is 1.31 bits per heavy atom. The number of nitrogens with zero attached hydrogens (tertiary/aromatic N) is 5. The van der Waals surface area contributed by atoms with Crippen LogP contribution in [0.15, 0.2) is 44.8 Å². The van der Waals surface area contributed by atoms with E-state index in [1.807, 2.05) is 12.1 Å². The van der Waals surface area contributed by atoms with E-state index in [9.17, 15) is 9.59 Å². The highest BCUT2D eigenvalue weighted by Crippen LogP contribution is 2.21. The van der Waals surface area contributed by atoms with Crippen molar-refractivity contribution in [2.75, 3.05) is 11.1 Å². The summed E-state index contributed by atoms with van der Waals surface area (Å²) >= 11 is 1.22. The SMILES string of the molecule is Cc1cc(NC(=O)CSc2nnc3n(C)c(=O)c4ccccc4n23)no1. The fourth-order valence-corrected chi connectivity index (χ4v) is 3.38. The van der Waals surface area contributed by atoms with Crippen LogP contribution in [0.25, 0.3) is 16.7 Å². The Labute approximate surface area is 151 Å². The first-order chi connectivity index (χ1) is 12.5. The number of hydrogen-bond donors (Lipinski definition) is 1. The fourth-order valence-electron chi connectivity index (χ4n) is 2.64. The van der Waals surface area contributed by atoms with Gasteiger partial charge in [0.05, 0.1) is 16.7 Å². The molecule has 0 aliphatic heterocycles. The number of amides is 1.